The van der Waals surface area contributed by atoms with E-state index in [4.69, 9.17) is 9.47 Å². The molecule has 0 saturated carbocycles. The summed E-state index contributed by atoms with van der Waals surface area (Å²) in [6.45, 7) is 1.97. The zero-order valence-corrected chi connectivity index (χ0v) is 16.4. The average molecular weight is 408 g/mol. The molecule has 1 aromatic carbocycles. The van der Waals surface area contributed by atoms with Gasteiger partial charge >= 0.3 is 11.9 Å². The lowest BCUT2D eigenvalue weighted by Crippen LogP contribution is -2.40. The van der Waals surface area contributed by atoms with Crippen molar-refractivity contribution in [3.05, 3.63) is 53.6 Å². The van der Waals surface area contributed by atoms with Crippen molar-refractivity contribution in [2.24, 2.45) is 11.8 Å². The van der Waals surface area contributed by atoms with Crippen molar-refractivity contribution in [3.8, 4) is 0 Å². The van der Waals surface area contributed by atoms with Gasteiger partial charge in [0.05, 0.1) is 30.2 Å². The number of carbonyl (C=O) groups is 2. The van der Waals surface area contributed by atoms with Crippen LogP contribution in [0.15, 0.2) is 42.2 Å². The number of hydrogen-bond acceptors (Lipinski definition) is 6. The molecule has 5 rings (SSSR count). The Kier molecular flexibility index (Phi) is 4.08. The van der Waals surface area contributed by atoms with Crippen LogP contribution >= 0.6 is 0 Å². The molecule has 8 heteroatoms. The number of benzene rings is 1. The van der Waals surface area contributed by atoms with E-state index in [0.717, 1.165) is 21.8 Å². The van der Waals surface area contributed by atoms with Gasteiger partial charge in [-0.3, -0.25) is 0 Å². The SMILES string of the molecule is COC(=O)C1=CO[C@H](O)C2C1Cc1nc(C(=O)O)cc3c4ccccc4n(c13)[C@@H]2C. The minimum absolute atomic E-state index is 0.0530. The number of aromatic carboxylic acids is 1. The standard InChI is InChI=1S/C22H20N2O6/c1-10-18-12(14(21(27)29-2)9-30-22(18)28)7-15-19-13(8-16(23-15)20(25)26)11-5-3-4-6-17(11)24(10)19/h3-6,8-10,12,18,22,28H,7H2,1-2H3,(H,25,26)/t10-,12?,18?,22+/m1/s1. The number of carboxylic acids is 1. The number of para-hydroxylation sites is 1. The van der Waals surface area contributed by atoms with Crippen molar-refractivity contribution < 1.29 is 29.3 Å². The molecule has 30 heavy (non-hydrogen) atoms. The average Bonchev–Trinajstić information content (AvgIpc) is 3.00. The van der Waals surface area contributed by atoms with Gasteiger partial charge in [-0.15, -0.1) is 0 Å². The van der Waals surface area contributed by atoms with Crippen LogP contribution in [-0.2, 0) is 20.7 Å². The van der Waals surface area contributed by atoms with Crippen molar-refractivity contribution in [1.29, 1.82) is 0 Å². The molecule has 2 unspecified atom stereocenters. The Morgan fingerprint density at radius 1 is 1.27 bits per heavy atom. The summed E-state index contributed by atoms with van der Waals surface area (Å²) >= 11 is 0. The third-order valence-corrected chi connectivity index (χ3v) is 6.31. The number of methoxy groups -OCH3 is 1. The summed E-state index contributed by atoms with van der Waals surface area (Å²) < 4.78 is 12.4. The Morgan fingerprint density at radius 3 is 2.77 bits per heavy atom. The minimum atomic E-state index is -1.12. The summed E-state index contributed by atoms with van der Waals surface area (Å²) in [5.74, 6) is -2.54. The second-order valence-corrected chi connectivity index (χ2v) is 7.76. The molecule has 0 saturated heterocycles. The second-order valence-electron chi connectivity index (χ2n) is 7.76. The third-order valence-electron chi connectivity index (χ3n) is 6.31. The highest BCUT2D eigenvalue weighted by Gasteiger charge is 2.45. The summed E-state index contributed by atoms with van der Waals surface area (Å²) in [5.41, 5.74) is 2.56. The number of nitrogens with zero attached hydrogens (tertiary/aromatic N) is 2. The van der Waals surface area contributed by atoms with Crippen LogP contribution in [0, 0.1) is 11.8 Å². The van der Waals surface area contributed by atoms with Crippen LogP contribution in [0.3, 0.4) is 0 Å². The molecular weight excluding hydrogens is 388 g/mol. The molecule has 3 aromatic rings. The zero-order chi connectivity index (χ0) is 21.2. The predicted molar refractivity (Wildman–Crippen MR) is 107 cm³/mol. The van der Waals surface area contributed by atoms with Crippen LogP contribution in [0.5, 0.6) is 0 Å². The van der Waals surface area contributed by atoms with Gasteiger partial charge in [0, 0.05) is 34.2 Å². The molecule has 154 valence electrons. The lowest BCUT2D eigenvalue weighted by molar-refractivity contribution is -0.147. The fourth-order valence-electron chi connectivity index (χ4n) is 5.02. The summed E-state index contributed by atoms with van der Waals surface area (Å²) in [4.78, 5) is 28.6. The number of rotatable bonds is 2. The van der Waals surface area contributed by atoms with E-state index in [-0.39, 0.29) is 18.2 Å². The van der Waals surface area contributed by atoms with Gasteiger partial charge < -0.3 is 24.3 Å². The third kappa shape index (κ3) is 2.46. The lowest BCUT2D eigenvalue weighted by Gasteiger charge is -2.37. The number of esters is 1. The highest BCUT2D eigenvalue weighted by Crippen LogP contribution is 2.46. The number of carbonyl (C=O) groups excluding carboxylic acids is 1. The maximum atomic E-state index is 12.4. The molecule has 0 bridgehead atoms. The highest BCUT2D eigenvalue weighted by atomic mass is 16.6. The van der Waals surface area contributed by atoms with Crippen molar-refractivity contribution >= 4 is 33.7 Å². The Morgan fingerprint density at radius 2 is 2.03 bits per heavy atom. The molecule has 2 aliphatic heterocycles. The summed E-state index contributed by atoms with van der Waals surface area (Å²) in [6.07, 6.45) is 0.411. The van der Waals surface area contributed by atoms with E-state index < -0.39 is 30.1 Å². The number of fused-ring (bicyclic) bond motifs is 4. The predicted octanol–water partition coefficient (Wildman–Crippen LogP) is 2.64. The van der Waals surface area contributed by atoms with Crippen LogP contribution in [0.1, 0.15) is 29.1 Å². The molecule has 0 radical (unpaired) electrons. The Balaban J connectivity index is 1.85. The second kappa shape index (κ2) is 6.56. The van der Waals surface area contributed by atoms with Crippen LogP contribution in [0.25, 0.3) is 21.8 Å². The fourth-order valence-corrected chi connectivity index (χ4v) is 5.02. The van der Waals surface area contributed by atoms with Gasteiger partial charge in [-0.1, -0.05) is 18.2 Å². The van der Waals surface area contributed by atoms with E-state index in [0.29, 0.717) is 11.3 Å². The van der Waals surface area contributed by atoms with Crippen molar-refractivity contribution in [1.82, 2.24) is 9.55 Å². The van der Waals surface area contributed by atoms with Crippen molar-refractivity contribution in [3.63, 3.8) is 0 Å². The van der Waals surface area contributed by atoms with E-state index in [9.17, 15) is 19.8 Å². The first kappa shape index (κ1) is 18.6. The van der Waals surface area contributed by atoms with E-state index in [1.165, 1.54) is 13.4 Å². The molecule has 0 amide bonds. The summed E-state index contributed by atoms with van der Waals surface area (Å²) in [5, 5.41) is 22.0. The number of hydrogen-bond donors (Lipinski definition) is 2. The summed E-state index contributed by atoms with van der Waals surface area (Å²) in [6, 6.07) is 9.07. The van der Waals surface area contributed by atoms with Crippen LogP contribution in [0.2, 0.25) is 0 Å². The van der Waals surface area contributed by atoms with Gasteiger partial charge in [0.25, 0.3) is 0 Å². The smallest absolute Gasteiger partial charge is 0.354 e. The Hall–Kier alpha value is -3.39. The maximum Gasteiger partial charge on any atom is 0.354 e. The Bertz CT molecular complexity index is 1240. The quantitative estimate of drug-likeness (QED) is 0.627. The lowest BCUT2D eigenvalue weighted by atomic mass is 9.77. The molecule has 0 fully saturated rings. The van der Waals surface area contributed by atoms with E-state index in [1.54, 1.807) is 6.07 Å². The zero-order valence-electron chi connectivity index (χ0n) is 16.4. The van der Waals surface area contributed by atoms with Crippen molar-refractivity contribution in [2.75, 3.05) is 7.11 Å². The molecule has 2 N–H and O–H groups in total. The maximum absolute atomic E-state index is 12.4. The molecule has 0 aliphatic carbocycles. The van der Waals surface area contributed by atoms with Crippen molar-refractivity contribution in [2.45, 2.75) is 25.7 Å². The first-order valence-electron chi connectivity index (χ1n) is 9.70. The van der Waals surface area contributed by atoms with Gasteiger partial charge in [-0.2, -0.15) is 0 Å². The van der Waals surface area contributed by atoms with E-state index in [2.05, 4.69) is 9.55 Å². The van der Waals surface area contributed by atoms with E-state index in [1.807, 2.05) is 31.2 Å². The topological polar surface area (TPSA) is 111 Å². The fraction of sp³-hybridized carbons (Fsp3) is 0.318. The van der Waals surface area contributed by atoms with Crippen LogP contribution < -0.4 is 0 Å². The van der Waals surface area contributed by atoms with E-state index >= 15 is 0 Å². The van der Waals surface area contributed by atoms with Gasteiger partial charge in [0.2, 0.25) is 6.29 Å². The molecule has 0 spiro atoms. The van der Waals surface area contributed by atoms with Gasteiger partial charge in [-0.25, -0.2) is 14.6 Å². The molecule has 8 nitrogen and oxygen atoms in total. The monoisotopic (exact) mass is 408 g/mol. The number of carboxylic acid groups (broad SMARTS) is 1. The normalized spacial score (nSPS) is 25.2. The molecule has 2 aromatic heterocycles. The molecule has 4 atom stereocenters. The van der Waals surface area contributed by atoms with Crippen LogP contribution in [-0.4, -0.2) is 45.1 Å². The first-order chi connectivity index (χ1) is 14.4. The van der Waals surface area contributed by atoms with Gasteiger partial charge in [-0.05, 0) is 25.5 Å². The van der Waals surface area contributed by atoms with Crippen LogP contribution in [0.4, 0.5) is 0 Å². The number of pyridine rings is 1. The Labute approximate surface area is 171 Å². The summed E-state index contributed by atoms with van der Waals surface area (Å²) in [7, 11) is 1.29. The number of aliphatic hydroxyl groups is 1. The molecular formula is C22H20N2O6. The molecule has 2 aliphatic rings. The van der Waals surface area contributed by atoms with Gasteiger partial charge in [0.15, 0.2) is 0 Å². The van der Waals surface area contributed by atoms with Gasteiger partial charge in [0.1, 0.15) is 5.69 Å². The molecule has 4 heterocycles. The minimum Gasteiger partial charge on any atom is -0.477 e. The number of ether oxygens (including phenoxy) is 2. The largest absolute Gasteiger partial charge is 0.477 e. The highest BCUT2D eigenvalue weighted by molar-refractivity contribution is 6.10. The number of aliphatic hydroxyl groups excluding tert-OH is 1. The first-order valence-corrected chi connectivity index (χ1v) is 9.70. The number of aromatic nitrogens is 2.